The van der Waals surface area contributed by atoms with Crippen LogP contribution in [-0.4, -0.2) is 25.7 Å². The van der Waals surface area contributed by atoms with E-state index in [1.807, 2.05) is 6.92 Å². The molecule has 1 atom stereocenters. The number of methoxy groups -OCH3 is 1. The third-order valence-electron chi connectivity index (χ3n) is 2.04. The van der Waals surface area contributed by atoms with E-state index in [2.05, 4.69) is 5.32 Å². The number of carbonyl (C=O) groups excluding carboxylic acids is 1. The molecule has 1 aromatic carbocycles. The van der Waals surface area contributed by atoms with Crippen molar-refractivity contribution in [2.45, 2.75) is 13.0 Å². The lowest BCUT2D eigenvalue weighted by Crippen LogP contribution is -2.31. The zero-order valence-electron chi connectivity index (χ0n) is 8.79. The number of carbonyl (C=O) groups is 1. The third kappa shape index (κ3) is 3.90. The maximum absolute atomic E-state index is 11.6. The van der Waals surface area contributed by atoms with Crippen LogP contribution in [0.25, 0.3) is 0 Å². The first-order valence-corrected chi connectivity index (χ1v) is 5.08. The van der Waals surface area contributed by atoms with Crippen molar-refractivity contribution in [1.29, 1.82) is 0 Å². The molecule has 0 aliphatic carbocycles. The predicted octanol–water partition coefficient (Wildman–Crippen LogP) is 2.10. The van der Waals surface area contributed by atoms with Crippen molar-refractivity contribution in [3.63, 3.8) is 0 Å². The first-order chi connectivity index (χ1) is 7.13. The monoisotopic (exact) mass is 227 g/mol. The Kier molecular flexibility index (Phi) is 4.59. The number of amides is 1. The molecule has 1 amide bonds. The van der Waals surface area contributed by atoms with E-state index < -0.39 is 0 Å². The molecule has 1 aromatic rings. The van der Waals surface area contributed by atoms with Crippen molar-refractivity contribution in [2.75, 3.05) is 13.7 Å². The quantitative estimate of drug-likeness (QED) is 0.856. The summed E-state index contributed by atoms with van der Waals surface area (Å²) in [5.74, 6) is -0.138. The van der Waals surface area contributed by atoms with Crippen LogP contribution in [0.2, 0.25) is 5.02 Å². The number of benzene rings is 1. The summed E-state index contributed by atoms with van der Waals surface area (Å²) in [6.45, 7) is 2.38. The van der Waals surface area contributed by atoms with Gasteiger partial charge >= 0.3 is 0 Å². The minimum Gasteiger partial charge on any atom is -0.380 e. The summed E-state index contributed by atoms with van der Waals surface area (Å²) in [5.41, 5.74) is 0.561. The molecule has 0 fully saturated rings. The summed E-state index contributed by atoms with van der Waals surface area (Å²) < 4.78 is 5.02. The predicted molar refractivity (Wildman–Crippen MR) is 60.3 cm³/mol. The molecule has 15 heavy (non-hydrogen) atoms. The molecule has 1 rings (SSSR count). The lowest BCUT2D eigenvalue weighted by atomic mass is 10.2. The molecule has 0 bridgehead atoms. The molecule has 0 aliphatic heterocycles. The lowest BCUT2D eigenvalue weighted by Gasteiger charge is -2.10. The van der Waals surface area contributed by atoms with Crippen molar-refractivity contribution < 1.29 is 9.53 Å². The zero-order chi connectivity index (χ0) is 11.3. The Morgan fingerprint density at radius 1 is 1.60 bits per heavy atom. The van der Waals surface area contributed by atoms with Crippen LogP contribution in [0, 0.1) is 0 Å². The van der Waals surface area contributed by atoms with E-state index in [1.54, 1.807) is 31.4 Å². The second-order valence-electron chi connectivity index (χ2n) is 3.27. The van der Waals surface area contributed by atoms with Gasteiger partial charge in [-0.3, -0.25) is 4.79 Å². The summed E-state index contributed by atoms with van der Waals surface area (Å²) in [7, 11) is 1.61. The molecule has 1 unspecified atom stereocenters. The van der Waals surface area contributed by atoms with Crippen LogP contribution >= 0.6 is 11.6 Å². The maximum atomic E-state index is 11.6. The number of rotatable bonds is 4. The van der Waals surface area contributed by atoms with Crippen LogP contribution in [0.4, 0.5) is 0 Å². The number of halogens is 1. The molecular weight excluding hydrogens is 214 g/mol. The molecule has 82 valence electrons. The average molecular weight is 228 g/mol. The standard InChI is InChI=1S/C11H14ClNO2/c1-8(15-2)7-13-11(14)9-4-3-5-10(12)6-9/h3-6,8H,7H2,1-2H3,(H,13,14). The summed E-state index contributed by atoms with van der Waals surface area (Å²) in [5, 5.41) is 3.31. The largest absolute Gasteiger partial charge is 0.380 e. The smallest absolute Gasteiger partial charge is 0.251 e. The highest BCUT2D eigenvalue weighted by atomic mass is 35.5. The van der Waals surface area contributed by atoms with Crippen LogP contribution in [0.5, 0.6) is 0 Å². The fourth-order valence-electron chi connectivity index (χ4n) is 1.05. The van der Waals surface area contributed by atoms with E-state index in [-0.39, 0.29) is 12.0 Å². The molecule has 0 saturated heterocycles. The van der Waals surface area contributed by atoms with Gasteiger partial charge in [-0.1, -0.05) is 17.7 Å². The first-order valence-electron chi connectivity index (χ1n) is 4.70. The first kappa shape index (κ1) is 12.0. The van der Waals surface area contributed by atoms with Gasteiger partial charge in [-0.25, -0.2) is 0 Å². The fourth-order valence-corrected chi connectivity index (χ4v) is 1.24. The minimum absolute atomic E-state index is 0.00753. The fraction of sp³-hybridized carbons (Fsp3) is 0.364. The van der Waals surface area contributed by atoms with Crippen molar-refractivity contribution in [1.82, 2.24) is 5.32 Å². The minimum atomic E-state index is -0.138. The summed E-state index contributed by atoms with van der Waals surface area (Å²) in [6.07, 6.45) is 0.00753. The van der Waals surface area contributed by atoms with Crippen LogP contribution in [0.15, 0.2) is 24.3 Å². The highest BCUT2D eigenvalue weighted by Gasteiger charge is 2.07. The van der Waals surface area contributed by atoms with Crippen molar-refractivity contribution in [2.24, 2.45) is 0 Å². The molecule has 4 heteroatoms. The van der Waals surface area contributed by atoms with Gasteiger partial charge in [0.2, 0.25) is 0 Å². The Balaban J connectivity index is 2.54. The molecule has 0 heterocycles. The highest BCUT2D eigenvalue weighted by Crippen LogP contribution is 2.10. The maximum Gasteiger partial charge on any atom is 0.251 e. The Morgan fingerprint density at radius 2 is 2.33 bits per heavy atom. The Bertz CT molecular complexity index is 341. The summed E-state index contributed by atoms with van der Waals surface area (Å²) in [6, 6.07) is 6.83. The van der Waals surface area contributed by atoms with Crippen LogP contribution in [0.1, 0.15) is 17.3 Å². The number of nitrogens with one attached hydrogen (secondary N) is 1. The van der Waals surface area contributed by atoms with E-state index in [0.717, 1.165) is 0 Å². The zero-order valence-corrected chi connectivity index (χ0v) is 9.54. The van der Waals surface area contributed by atoms with Gasteiger partial charge in [0.15, 0.2) is 0 Å². The van der Waals surface area contributed by atoms with E-state index >= 15 is 0 Å². The van der Waals surface area contributed by atoms with Gasteiger partial charge in [-0.15, -0.1) is 0 Å². The summed E-state index contributed by atoms with van der Waals surface area (Å²) >= 11 is 5.77. The third-order valence-corrected chi connectivity index (χ3v) is 2.27. The van der Waals surface area contributed by atoms with Crippen LogP contribution < -0.4 is 5.32 Å². The topological polar surface area (TPSA) is 38.3 Å². The average Bonchev–Trinajstić information content (AvgIpc) is 2.25. The van der Waals surface area contributed by atoms with E-state index in [0.29, 0.717) is 17.1 Å². The summed E-state index contributed by atoms with van der Waals surface area (Å²) in [4.78, 5) is 11.6. The van der Waals surface area contributed by atoms with Gasteiger partial charge < -0.3 is 10.1 Å². The second kappa shape index (κ2) is 5.73. The van der Waals surface area contributed by atoms with Gasteiger partial charge in [0, 0.05) is 24.2 Å². The van der Waals surface area contributed by atoms with E-state index in [9.17, 15) is 4.79 Å². The van der Waals surface area contributed by atoms with Gasteiger partial charge in [0.05, 0.1) is 6.10 Å². The van der Waals surface area contributed by atoms with Gasteiger partial charge in [0.1, 0.15) is 0 Å². The van der Waals surface area contributed by atoms with Gasteiger partial charge in [-0.2, -0.15) is 0 Å². The van der Waals surface area contributed by atoms with Crippen LogP contribution in [-0.2, 0) is 4.74 Å². The number of ether oxygens (including phenoxy) is 1. The molecule has 0 radical (unpaired) electrons. The molecule has 3 nitrogen and oxygen atoms in total. The Labute approximate surface area is 94.4 Å². The highest BCUT2D eigenvalue weighted by molar-refractivity contribution is 6.30. The number of hydrogen-bond acceptors (Lipinski definition) is 2. The molecular formula is C11H14ClNO2. The molecule has 1 N–H and O–H groups in total. The Hall–Kier alpha value is -1.06. The molecule has 0 spiro atoms. The Morgan fingerprint density at radius 3 is 2.93 bits per heavy atom. The lowest BCUT2D eigenvalue weighted by molar-refractivity contribution is 0.0870. The van der Waals surface area contributed by atoms with Crippen molar-refractivity contribution >= 4 is 17.5 Å². The molecule has 0 aliphatic rings. The van der Waals surface area contributed by atoms with Crippen LogP contribution in [0.3, 0.4) is 0 Å². The number of hydrogen-bond donors (Lipinski definition) is 1. The van der Waals surface area contributed by atoms with Gasteiger partial charge in [-0.05, 0) is 25.1 Å². The normalized spacial score (nSPS) is 12.2. The van der Waals surface area contributed by atoms with Crippen molar-refractivity contribution in [3.05, 3.63) is 34.9 Å². The SMILES string of the molecule is COC(C)CNC(=O)c1cccc(Cl)c1. The second-order valence-corrected chi connectivity index (χ2v) is 3.70. The molecule has 0 saturated carbocycles. The van der Waals surface area contributed by atoms with E-state index in [4.69, 9.17) is 16.3 Å². The van der Waals surface area contributed by atoms with Crippen molar-refractivity contribution in [3.8, 4) is 0 Å². The molecule has 0 aromatic heterocycles. The van der Waals surface area contributed by atoms with Gasteiger partial charge in [0.25, 0.3) is 5.91 Å². The van der Waals surface area contributed by atoms with E-state index in [1.165, 1.54) is 0 Å².